The molecule has 0 saturated heterocycles. The SMILES string of the molecule is CCc1ccnc(-c2ccc(OCc3c(C)cccc3NC(=O)N(C)N=N)c(C)c2)n1. The lowest BCUT2D eigenvalue weighted by atomic mass is 10.1. The summed E-state index contributed by atoms with van der Waals surface area (Å²) in [6.07, 6.45) is 2.64. The van der Waals surface area contributed by atoms with Gasteiger partial charge in [0.2, 0.25) is 0 Å². The summed E-state index contributed by atoms with van der Waals surface area (Å²) >= 11 is 0. The second-order valence-corrected chi connectivity index (χ2v) is 7.15. The number of amides is 2. The second-order valence-electron chi connectivity index (χ2n) is 7.15. The van der Waals surface area contributed by atoms with Gasteiger partial charge in [0, 0.05) is 35.8 Å². The van der Waals surface area contributed by atoms with Gasteiger partial charge in [-0.2, -0.15) is 10.5 Å². The third-order valence-electron chi connectivity index (χ3n) is 4.98. The standard InChI is InChI=1S/C23H26N6O2/c1-5-18-11-12-25-22(26-18)17-9-10-21(16(3)13-17)31-14-19-15(2)7-6-8-20(19)27-23(30)29(4)28-24/h6-13,24H,5,14H2,1-4H3,(H,27,30). The topological polar surface area (TPSA) is 104 Å². The number of carbonyl (C=O) groups excluding carboxylic acids is 1. The molecule has 0 aliphatic heterocycles. The monoisotopic (exact) mass is 418 g/mol. The summed E-state index contributed by atoms with van der Waals surface area (Å²) in [5.41, 5.74) is 12.4. The van der Waals surface area contributed by atoms with Crippen LogP contribution in [0.2, 0.25) is 0 Å². The lowest BCUT2D eigenvalue weighted by Gasteiger charge is -2.17. The first-order chi connectivity index (χ1) is 14.9. The Labute approximate surface area is 181 Å². The highest BCUT2D eigenvalue weighted by Gasteiger charge is 2.13. The van der Waals surface area contributed by atoms with Crippen molar-refractivity contribution < 1.29 is 9.53 Å². The fourth-order valence-corrected chi connectivity index (χ4v) is 3.08. The van der Waals surface area contributed by atoms with E-state index in [2.05, 4.69) is 27.4 Å². The van der Waals surface area contributed by atoms with Gasteiger partial charge in [-0.3, -0.25) is 0 Å². The molecule has 0 saturated carbocycles. The van der Waals surface area contributed by atoms with Crippen molar-refractivity contribution in [3.8, 4) is 17.1 Å². The van der Waals surface area contributed by atoms with Gasteiger partial charge < -0.3 is 10.1 Å². The van der Waals surface area contributed by atoms with Gasteiger partial charge in [0.25, 0.3) is 0 Å². The molecule has 2 amide bonds. The van der Waals surface area contributed by atoms with E-state index in [-0.39, 0.29) is 6.61 Å². The number of nitrogens with one attached hydrogen (secondary N) is 2. The van der Waals surface area contributed by atoms with E-state index in [0.717, 1.165) is 45.1 Å². The van der Waals surface area contributed by atoms with Gasteiger partial charge in [0.05, 0.1) is 0 Å². The van der Waals surface area contributed by atoms with Crippen molar-refractivity contribution in [2.75, 3.05) is 12.4 Å². The van der Waals surface area contributed by atoms with Crippen LogP contribution in [0.15, 0.2) is 53.9 Å². The third kappa shape index (κ3) is 5.22. The first kappa shape index (κ1) is 21.9. The fraction of sp³-hybridized carbons (Fsp3) is 0.261. The average molecular weight is 419 g/mol. The predicted molar refractivity (Wildman–Crippen MR) is 119 cm³/mol. The molecule has 1 heterocycles. The van der Waals surface area contributed by atoms with Crippen molar-refractivity contribution in [1.82, 2.24) is 15.0 Å². The van der Waals surface area contributed by atoms with Crippen molar-refractivity contribution in [1.29, 1.82) is 5.53 Å². The highest BCUT2D eigenvalue weighted by Crippen LogP contribution is 2.27. The van der Waals surface area contributed by atoms with Gasteiger partial charge in [-0.1, -0.05) is 24.3 Å². The van der Waals surface area contributed by atoms with Crippen molar-refractivity contribution in [2.45, 2.75) is 33.8 Å². The molecule has 0 aliphatic rings. The van der Waals surface area contributed by atoms with Crippen LogP contribution in [0, 0.1) is 19.4 Å². The number of rotatable bonds is 7. The molecule has 2 aromatic carbocycles. The van der Waals surface area contributed by atoms with Crippen LogP contribution < -0.4 is 10.1 Å². The van der Waals surface area contributed by atoms with Crippen molar-refractivity contribution in [3.63, 3.8) is 0 Å². The molecular formula is C23H26N6O2. The molecule has 0 spiro atoms. The fourth-order valence-electron chi connectivity index (χ4n) is 3.08. The first-order valence-electron chi connectivity index (χ1n) is 9.99. The highest BCUT2D eigenvalue weighted by molar-refractivity contribution is 5.89. The minimum absolute atomic E-state index is 0.284. The molecule has 31 heavy (non-hydrogen) atoms. The van der Waals surface area contributed by atoms with E-state index in [1.807, 2.05) is 50.2 Å². The number of aryl methyl sites for hydroxylation is 3. The molecule has 160 valence electrons. The van der Waals surface area contributed by atoms with Gasteiger partial charge in [0.15, 0.2) is 5.82 Å². The van der Waals surface area contributed by atoms with Gasteiger partial charge in [0.1, 0.15) is 12.4 Å². The minimum atomic E-state index is -0.489. The van der Waals surface area contributed by atoms with Crippen molar-refractivity contribution in [2.24, 2.45) is 5.22 Å². The summed E-state index contributed by atoms with van der Waals surface area (Å²) in [6.45, 7) is 6.29. The summed E-state index contributed by atoms with van der Waals surface area (Å²) in [6, 6.07) is 12.9. The van der Waals surface area contributed by atoms with E-state index in [1.165, 1.54) is 7.05 Å². The third-order valence-corrected chi connectivity index (χ3v) is 4.98. The molecule has 1 aromatic heterocycles. The molecule has 3 aromatic rings. The Kier molecular flexibility index (Phi) is 6.92. The van der Waals surface area contributed by atoms with E-state index < -0.39 is 6.03 Å². The van der Waals surface area contributed by atoms with Crippen LogP contribution in [0.3, 0.4) is 0 Å². The zero-order chi connectivity index (χ0) is 22.4. The summed E-state index contributed by atoms with van der Waals surface area (Å²) < 4.78 is 6.08. The molecule has 2 N–H and O–H groups in total. The van der Waals surface area contributed by atoms with E-state index in [1.54, 1.807) is 12.3 Å². The number of nitrogens with zero attached hydrogens (tertiary/aromatic N) is 4. The van der Waals surface area contributed by atoms with Gasteiger partial charge >= 0.3 is 6.03 Å². The highest BCUT2D eigenvalue weighted by atomic mass is 16.5. The van der Waals surface area contributed by atoms with E-state index in [0.29, 0.717) is 11.5 Å². The number of ether oxygens (including phenoxy) is 1. The number of benzene rings is 2. The molecule has 0 aliphatic carbocycles. The Morgan fingerprint density at radius 3 is 2.71 bits per heavy atom. The number of aromatic nitrogens is 2. The Morgan fingerprint density at radius 1 is 1.19 bits per heavy atom. The zero-order valence-corrected chi connectivity index (χ0v) is 18.1. The molecule has 8 nitrogen and oxygen atoms in total. The Bertz CT molecular complexity index is 1100. The molecule has 8 heteroatoms. The lowest BCUT2D eigenvalue weighted by Crippen LogP contribution is -2.27. The molecule has 3 rings (SSSR count). The summed E-state index contributed by atoms with van der Waals surface area (Å²) in [7, 11) is 1.42. The van der Waals surface area contributed by atoms with Crippen LogP contribution in [0.25, 0.3) is 11.4 Å². The second kappa shape index (κ2) is 9.80. The zero-order valence-electron chi connectivity index (χ0n) is 18.1. The van der Waals surface area contributed by atoms with Crippen LogP contribution >= 0.6 is 0 Å². The molecule has 0 fully saturated rings. The summed E-state index contributed by atoms with van der Waals surface area (Å²) in [5, 5.41) is 6.81. The van der Waals surface area contributed by atoms with E-state index in [9.17, 15) is 4.79 Å². The molecule has 0 bridgehead atoms. The molecule has 0 unspecified atom stereocenters. The maximum atomic E-state index is 12.1. The smallest absolute Gasteiger partial charge is 0.343 e. The van der Waals surface area contributed by atoms with Crippen LogP contribution in [0.4, 0.5) is 10.5 Å². The predicted octanol–water partition coefficient (Wildman–Crippen LogP) is 5.31. The van der Waals surface area contributed by atoms with Crippen LogP contribution in [0.5, 0.6) is 5.75 Å². The van der Waals surface area contributed by atoms with Crippen LogP contribution in [-0.4, -0.2) is 28.1 Å². The van der Waals surface area contributed by atoms with E-state index >= 15 is 0 Å². The largest absolute Gasteiger partial charge is 0.489 e. The summed E-state index contributed by atoms with van der Waals surface area (Å²) in [4.78, 5) is 21.1. The Hall–Kier alpha value is -3.81. The van der Waals surface area contributed by atoms with Gasteiger partial charge in [-0.05, 0) is 61.7 Å². The normalized spacial score (nSPS) is 10.5. The number of urea groups is 1. The van der Waals surface area contributed by atoms with Gasteiger partial charge in [-0.25, -0.2) is 14.8 Å². The van der Waals surface area contributed by atoms with Crippen LogP contribution in [-0.2, 0) is 13.0 Å². The maximum absolute atomic E-state index is 12.1. The number of carbonyl (C=O) groups is 1. The average Bonchev–Trinajstić information content (AvgIpc) is 2.78. The lowest BCUT2D eigenvalue weighted by molar-refractivity contribution is 0.220. The van der Waals surface area contributed by atoms with Gasteiger partial charge in [-0.15, -0.1) is 0 Å². The molecule has 0 radical (unpaired) electrons. The molecule has 0 atom stereocenters. The Morgan fingerprint density at radius 2 is 2.00 bits per heavy atom. The quantitative estimate of drug-likeness (QED) is 0.401. The van der Waals surface area contributed by atoms with E-state index in [4.69, 9.17) is 10.3 Å². The summed E-state index contributed by atoms with van der Waals surface area (Å²) in [5.74, 6) is 1.44. The Balaban J connectivity index is 1.78. The number of hydrogen-bond donors (Lipinski definition) is 2. The van der Waals surface area contributed by atoms with Crippen molar-refractivity contribution >= 4 is 11.7 Å². The maximum Gasteiger partial charge on any atom is 0.343 e. The minimum Gasteiger partial charge on any atom is -0.489 e. The van der Waals surface area contributed by atoms with Crippen LogP contribution in [0.1, 0.15) is 29.3 Å². The number of hydrogen-bond acceptors (Lipinski definition) is 6. The van der Waals surface area contributed by atoms with Crippen molar-refractivity contribution in [3.05, 3.63) is 71.0 Å². The molecular weight excluding hydrogens is 392 g/mol. The first-order valence-corrected chi connectivity index (χ1v) is 9.99. The number of anilines is 1.